The van der Waals surface area contributed by atoms with Gasteiger partial charge in [0.05, 0.1) is 5.02 Å². The van der Waals surface area contributed by atoms with Gasteiger partial charge < -0.3 is 5.11 Å². The molecule has 1 aliphatic rings. The Morgan fingerprint density at radius 2 is 2.08 bits per heavy atom. The van der Waals surface area contributed by atoms with Crippen molar-refractivity contribution in [3.8, 4) is 5.75 Å². The maximum atomic E-state index is 11.5. The van der Waals surface area contributed by atoms with E-state index in [2.05, 4.69) is 0 Å². The van der Waals surface area contributed by atoms with E-state index >= 15 is 0 Å². The van der Waals surface area contributed by atoms with E-state index in [-0.39, 0.29) is 16.6 Å². The minimum atomic E-state index is -0.00401. The van der Waals surface area contributed by atoms with Crippen LogP contribution in [0.2, 0.25) is 5.02 Å². The molecule has 1 aromatic rings. The Kier molecular flexibility index (Phi) is 2.00. The molecule has 0 heterocycles. The third kappa shape index (κ3) is 1.31. The van der Waals surface area contributed by atoms with Gasteiger partial charge in [-0.15, -0.1) is 0 Å². The second kappa shape index (κ2) is 3.04. The highest BCUT2D eigenvalue weighted by Crippen LogP contribution is 2.33. The van der Waals surface area contributed by atoms with E-state index in [1.807, 2.05) is 0 Å². The van der Waals surface area contributed by atoms with Crippen LogP contribution >= 0.6 is 11.6 Å². The van der Waals surface area contributed by atoms with Crippen LogP contribution in [-0.4, -0.2) is 10.9 Å². The Balaban J connectivity index is 2.65. The molecule has 2 rings (SSSR count). The molecule has 0 aliphatic heterocycles. The van der Waals surface area contributed by atoms with Crippen molar-refractivity contribution in [2.45, 2.75) is 19.3 Å². The van der Waals surface area contributed by atoms with E-state index in [0.29, 0.717) is 12.0 Å². The molecule has 1 aromatic carbocycles. The Morgan fingerprint density at radius 1 is 1.31 bits per heavy atom. The zero-order chi connectivity index (χ0) is 9.42. The van der Waals surface area contributed by atoms with Gasteiger partial charge in [-0.25, -0.2) is 0 Å². The molecule has 0 aromatic heterocycles. The molecular formula is C10H9ClO2. The highest BCUT2D eigenvalue weighted by atomic mass is 35.5. The highest BCUT2D eigenvalue weighted by Gasteiger charge is 2.21. The first-order valence-electron chi connectivity index (χ1n) is 4.23. The molecule has 0 unspecified atom stereocenters. The second-order valence-corrected chi connectivity index (χ2v) is 3.59. The number of phenols is 1. The number of aryl methyl sites for hydroxylation is 1. The monoisotopic (exact) mass is 196 g/mol. The van der Waals surface area contributed by atoms with Gasteiger partial charge in [-0.3, -0.25) is 4.79 Å². The number of carbonyl (C=O) groups is 1. The summed E-state index contributed by atoms with van der Waals surface area (Å²) in [5.41, 5.74) is 1.48. The van der Waals surface area contributed by atoms with E-state index in [1.54, 1.807) is 12.1 Å². The Bertz CT molecular complexity index is 371. The number of benzene rings is 1. The van der Waals surface area contributed by atoms with E-state index in [4.69, 9.17) is 11.6 Å². The molecule has 1 aliphatic carbocycles. The fourth-order valence-corrected chi connectivity index (χ4v) is 1.97. The largest absolute Gasteiger partial charge is 0.506 e. The second-order valence-electron chi connectivity index (χ2n) is 3.21. The Morgan fingerprint density at radius 3 is 2.85 bits per heavy atom. The molecule has 1 N–H and O–H groups in total. The van der Waals surface area contributed by atoms with Crippen LogP contribution in [0.1, 0.15) is 28.8 Å². The minimum absolute atomic E-state index is 0.00401. The SMILES string of the molecule is O=C1CCCc2ccc(O)c(Cl)c21. The first kappa shape index (κ1) is 8.57. The number of hydrogen-bond acceptors (Lipinski definition) is 2. The standard InChI is InChI=1S/C10H9ClO2/c11-10-8(13)5-4-6-2-1-3-7(12)9(6)10/h4-5,13H,1-3H2. The third-order valence-corrected chi connectivity index (χ3v) is 2.72. The highest BCUT2D eigenvalue weighted by molar-refractivity contribution is 6.35. The molecule has 0 fully saturated rings. The number of fused-ring (bicyclic) bond motifs is 1. The van der Waals surface area contributed by atoms with Crippen LogP contribution in [0.3, 0.4) is 0 Å². The molecule has 68 valence electrons. The number of rotatable bonds is 0. The van der Waals surface area contributed by atoms with Gasteiger partial charge in [-0.2, -0.15) is 0 Å². The summed E-state index contributed by atoms with van der Waals surface area (Å²) < 4.78 is 0. The average Bonchev–Trinajstić information content (AvgIpc) is 2.12. The zero-order valence-corrected chi connectivity index (χ0v) is 7.77. The number of carbonyl (C=O) groups excluding carboxylic acids is 1. The number of Topliss-reactive ketones (excluding diaryl/α,β-unsaturated/α-hetero) is 1. The summed E-state index contributed by atoms with van der Waals surface area (Å²) in [5.74, 6) is 0.0396. The molecule has 0 amide bonds. The first-order valence-corrected chi connectivity index (χ1v) is 4.61. The fourth-order valence-electron chi connectivity index (χ4n) is 1.68. The topological polar surface area (TPSA) is 37.3 Å². The molecule has 0 spiro atoms. The number of halogens is 1. The van der Waals surface area contributed by atoms with E-state index in [9.17, 15) is 9.90 Å². The number of aromatic hydroxyl groups is 1. The molecule has 0 saturated carbocycles. The van der Waals surface area contributed by atoms with Crippen LogP contribution in [0.5, 0.6) is 5.75 Å². The zero-order valence-electron chi connectivity index (χ0n) is 7.01. The van der Waals surface area contributed by atoms with Crippen LogP contribution < -0.4 is 0 Å². The third-order valence-electron chi connectivity index (χ3n) is 2.34. The van der Waals surface area contributed by atoms with Gasteiger partial charge in [0, 0.05) is 12.0 Å². The lowest BCUT2D eigenvalue weighted by atomic mass is 9.90. The molecule has 0 radical (unpaired) electrons. The summed E-state index contributed by atoms with van der Waals surface area (Å²) >= 11 is 5.84. The predicted octanol–water partition coefficient (Wildman–Crippen LogP) is 2.56. The van der Waals surface area contributed by atoms with Crippen LogP contribution in [0, 0.1) is 0 Å². The summed E-state index contributed by atoms with van der Waals surface area (Å²) in [4.78, 5) is 11.5. The van der Waals surface area contributed by atoms with Gasteiger partial charge in [0.15, 0.2) is 5.78 Å². The van der Waals surface area contributed by atoms with Gasteiger partial charge in [0.1, 0.15) is 5.75 Å². The van der Waals surface area contributed by atoms with E-state index in [1.165, 1.54) is 0 Å². The maximum Gasteiger partial charge on any atom is 0.164 e. The van der Waals surface area contributed by atoms with Crippen LogP contribution in [0.15, 0.2) is 12.1 Å². The molecule has 0 saturated heterocycles. The van der Waals surface area contributed by atoms with Crippen LogP contribution in [-0.2, 0) is 6.42 Å². The van der Waals surface area contributed by atoms with Crippen molar-refractivity contribution in [1.82, 2.24) is 0 Å². The van der Waals surface area contributed by atoms with Crippen LogP contribution in [0.4, 0.5) is 0 Å². The molecule has 13 heavy (non-hydrogen) atoms. The van der Waals surface area contributed by atoms with Gasteiger partial charge in [0.2, 0.25) is 0 Å². The number of phenolic OH excluding ortho intramolecular Hbond substituents is 1. The van der Waals surface area contributed by atoms with Crippen LogP contribution in [0.25, 0.3) is 0 Å². The summed E-state index contributed by atoms with van der Waals surface area (Å²) in [6, 6.07) is 3.31. The first-order chi connectivity index (χ1) is 6.20. The van der Waals surface area contributed by atoms with Crippen molar-refractivity contribution in [3.63, 3.8) is 0 Å². The van der Waals surface area contributed by atoms with Gasteiger partial charge in [0.25, 0.3) is 0 Å². The average molecular weight is 197 g/mol. The van der Waals surface area contributed by atoms with Crippen molar-refractivity contribution in [2.75, 3.05) is 0 Å². The van der Waals surface area contributed by atoms with Crippen molar-refractivity contribution in [2.24, 2.45) is 0 Å². The Labute approximate surface area is 81.1 Å². The molecule has 2 nitrogen and oxygen atoms in total. The minimum Gasteiger partial charge on any atom is -0.506 e. The van der Waals surface area contributed by atoms with E-state index < -0.39 is 0 Å². The smallest absolute Gasteiger partial charge is 0.164 e. The number of hydrogen-bond donors (Lipinski definition) is 1. The summed E-state index contributed by atoms with van der Waals surface area (Å²) in [5, 5.41) is 9.52. The van der Waals surface area contributed by atoms with Crippen molar-refractivity contribution >= 4 is 17.4 Å². The lowest BCUT2D eigenvalue weighted by Crippen LogP contribution is -2.11. The maximum absolute atomic E-state index is 11.5. The predicted molar refractivity (Wildman–Crippen MR) is 50.4 cm³/mol. The summed E-state index contributed by atoms with van der Waals surface area (Å²) in [7, 11) is 0. The quantitative estimate of drug-likeness (QED) is 0.693. The van der Waals surface area contributed by atoms with Gasteiger partial charge in [-0.1, -0.05) is 17.7 Å². The summed E-state index contributed by atoms with van der Waals surface area (Å²) in [6.45, 7) is 0. The normalized spacial score (nSPS) is 15.6. The fraction of sp³-hybridized carbons (Fsp3) is 0.300. The molecule has 0 atom stereocenters. The molecule has 3 heteroatoms. The Hall–Kier alpha value is -1.02. The van der Waals surface area contributed by atoms with Crippen molar-refractivity contribution < 1.29 is 9.90 Å². The lowest BCUT2D eigenvalue weighted by Gasteiger charge is -2.15. The summed E-state index contributed by atoms with van der Waals surface area (Å²) in [6.07, 6.45) is 2.30. The lowest BCUT2D eigenvalue weighted by molar-refractivity contribution is 0.0972. The van der Waals surface area contributed by atoms with Crippen molar-refractivity contribution in [1.29, 1.82) is 0 Å². The van der Waals surface area contributed by atoms with Gasteiger partial charge >= 0.3 is 0 Å². The number of ketones is 1. The van der Waals surface area contributed by atoms with Gasteiger partial charge in [-0.05, 0) is 24.5 Å². The molecular weight excluding hydrogens is 188 g/mol. The van der Waals surface area contributed by atoms with E-state index in [0.717, 1.165) is 18.4 Å². The van der Waals surface area contributed by atoms with Crippen molar-refractivity contribution in [3.05, 3.63) is 28.3 Å². The molecule has 0 bridgehead atoms.